The van der Waals surface area contributed by atoms with Crippen LogP contribution in [0.15, 0.2) is 40.8 Å². The molecule has 1 aromatic heterocycles. The molecule has 1 saturated carbocycles. The molecular weight excluding hydrogens is 282 g/mol. The summed E-state index contributed by atoms with van der Waals surface area (Å²) in [6.45, 7) is 3.58. The van der Waals surface area contributed by atoms with Gasteiger partial charge in [-0.05, 0) is 37.8 Å². The first-order chi connectivity index (χ1) is 11.4. The molecule has 4 rings (SSSR count). The van der Waals surface area contributed by atoms with Gasteiger partial charge in [0.25, 0.3) is 0 Å². The normalized spacial score (nSPS) is 20.2. The summed E-state index contributed by atoms with van der Waals surface area (Å²) >= 11 is 0. The van der Waals surface area contributed by atoms with Crippen LogP contribution in [0.5, 0.6) is 0 Å². The molecule has 23 heavy (non-hydrogen) atoms. The molecule has 2 heterocycles. The fourth-order valence-corrected chi connectivity index (χ4v) is 4.23. The molecule has 1 aliphatic heterocycles. The summed E-state index contributed by atoms with van der Waals surface area (Å²) in [6.07, 6.45) is 9.50. The van der Waals surface area contributed by atoms with Gasteiger partial charge in [0, 0.05) is 30.6 Å². The Morgan fingerprint density at radius 3 is 2.65 bits per heavy atom. The minimum atomic E-state index is 0.922. The van der Waals surface area contributed by atoms with Crippen molar-refractivity contribution in [2.75, 3.05) is 13.1 Å². The van der Waals surface area contributed by atoms with Crippen molar-refractivity contribution in [3.8, 4) is 11.3 Å². The summed E-state index contributed by atoms with van der Waals surface area (Å²) in [4.78, 5) is 2.67. The minimum absolute atomic E-state index is 0.922. The lowest BCUT2D eigenvalue weighted by molar-refractivity contribution is 0.196. The molecule has 0 unspecified atom stereocenters. The lowest BCUT2D eigenvalue weighted by atomic mass is 9.89. The van der Waals surface area contributed by atoms with Gasteiger partial charge in [-0.15, -0.1) is 0 Å². The largest absolute Gasteiger partial charge is 0.461 e. The Morgan fingerprint density at radius 1 is 1.00 bits per heavy atom. The molecule has 1 fully saturated rings. The summed E-state index contributed by atoms with van der Waals surface area (Å²) in [5, 5.41) is 0. The number of fused-ring (bicyclic) bond motifs is 1. The van der Waals surface area contributed by atoms with E-state index in [-0.39, 0.29) is 0 Å². The fourth-order valence-electron chi connectivity index (χ4n) is 4.23. The molecule has 2 aromatic rings. The van der Waals surface area contributed by atoms with Gasteiger partial charge in [0.05, 0.1) is 0 Å². The van der Waals surface area contributed by atoms with Gasteiger partial charge in [0.2, 0.25) is 0 Å². The highest BCUT2D eigenvalue weighted by Crippen LogP contribution is 2.31. The van der Waals surface area contributed by atoms with Crippen LogP contribution in [0.2, 0.25) is 0 Å². The van der Waals surface area contributed by atoms with E-state index >= 15 is 0 Å². The molecule has 0 spiro atoms. The van der Waals surface area contributed by atoms with Crippen molar-refractivity contribution in [2.45, 2.75) is 51.5 Å². The van der Waals surface area contributed by atoms with Crippen molar-refractivity contribution in [1.82, 2.24) is 4.90 Å². The molecule has 1 aliphatic carbocycles. The molecule has 1 aromatic carbocycles. The van der Waals surface area contributed by atoms with Crippen molar-refractivity contribution in [3.05, 3.63) is 47.7 Å². The second-order valence-corrected chi connectivity index (χ2v) is 7.27. The number of nitrogens with zero attached hydrogens (tertiary/aromatic N) is 1. The highest BCUT2D eigenvalue weighted by atomic mass is 16.3. The Kier molecular flexibility index (Phi) is 4.52. The molecule has 0 bridgehead atoms. The highest BCUT2D eigenvalue weighted by Gasteiger charge is 2.22. The van der Waals surface area contributed by atoms with Crippen molar-refractivity contribution in [2.24, 2.45) is 5.92 Å². The van der Waals surface area contributed by atoms with Crippen LogP contribution >= 0.6 is 0 Å². The lowest BCUT2D eigenvalue weighted by Gasteiger charge is -2.28. The number of hydrogen-bond donors (Lipinski definition) is 0. The lowest BCUT2D eigenvalue weighted by Crippen LogP contribution is -2.30. The smallest absolute Gasteiger partial charge is 0.134 e. The van der Waals surface area contributed by atoms with E-state index in [4.69, 9.17) is 4.42 Å². The predicted octanol–water partition coefficient (Wildman–Crippen LogP) is 5.28. The second-order valence-electron chi connectivity index (χ2n) is 7.27. The zero-order valence-corrected chi connectivity index (χ0v) is 14.0. The van der Waals surface area contributed by atoms with Crippen molar-refractivity contribution in [1.29, 1.82) is 0 Å². The van der Waals surface area contributed by atoms with E-state index < -0.39 is 0 Å². The third-order valence-corrected chi connectivity index (χ3v) is 5.47. The maximum atomic E-state index is 6.18. The van der Waals surface area contributed by atoms with Crippen LogP contribution < -0.4 is 0 Å². The SMILES string of the molecule is c1ccc(-c2cc3c(o2)CCCN(CC2CCCCC2)C3)cc1. The second kappa shape index (κ2) is 6.92. The van der Waals surface area contributed by atoms with Gasteiger partial charge in [-0.3, -0.25) is 4.90 Å². The molecule has 0 N–H and O–H groups in total. The third-order valence-electron chi connectivity index (χ3n) is 5.47. The van der Waals surface area contributed by atoms with Crippen molar-refractivity contribution < 1.29 is 4.42 Å². The molecule has 2 nitrogen and oxygen atoms in total. The monoisotopic (exact) mass is 309 g/mol. The molecule has 0 radical (unpaired) electrons. The maximum Gasteiger partial charge on any atom is 0.134 e. The quantitative estimate of drug-likeness (QED) is 0.767. The van der Waals surface area contributed by atoms with E-state index in [1.165, 1.54) is 68.5 Å². The van der Waals surface area contributed by atoms with E-state index in [0.717, 1.165) is 24.6 Å². The van der Waals surface area contributed by atoms with Crippen molar-refractivity contribution in [3.63, 3.8) is 0 Å². The molecular formula is C21H27NO. The number of hydrogen-bond acceptors (Lipinski definition) is 2. The first-order valence-corrected chi connectivity index (χ1v) is 9.28. The molecule has 122 valence electrons. The Morgan fingerprint density at radius 2 is 1.83 bits per heavy atom. The number of benzene rings is 1. The Labute approximate surface area is 139 Å². The standard InChI is InChI=1S/C21H27NO/c1-3-8-17(9-4-1)15-22-13-7-12-20-19(16-22)14-21(23-20)18-10-5-2-6-11-18/h2,5-6,10-11,14,17H,1,3-4,7-9,12-13,15-16H2. The van der Waals surface area contributed by atoms with Crippen LogP contribution in [-0.2, 0) is 13.0 Å². The summed E-state index contributed by atoms with van der Waals surface area (Å²) in [5.74, 6) is 3.18. The first-order valence-electron chi connectivity index (χ1n) is 9.28. The van der Waals surface area contributed by atoms with Crippen LogP contribution in [0.3, 0.4) is 0 Å². The summed E-state index contributed by atoms with van der Waals surface area (Å²) in [5.41, 5.74) is 2.61. The van der Waals surface area contributed by atoms with E-state index in [1.807, 2.05) is 0 Å². The van der Waals surface area contributed by atoms with Crippen LogP contribution in [0, 0.1) is 5.92 Å². The summed E-state index contributed by atoms with van der Waals surface area (Å²) in [7, 11) is 0. The average Bonchev–Trinajstić information content (AvgIpc) is 2.90. The Balaban J connectivity index is 1.48. The maximum absolute atomic E-state index is 6.18. The number of furan rings is 1. The predicted molar refractivity (Wildman–Crippen MR) is 94.3 cm³/mol. The third kappa shape index (κ3) is 3.53. The van der Waals surface area contributed by atoms with E-state index in [9.17, 15) is 0 Å². The van der Waals surface area contributed by atoms with Crippen LogP contribution in [-0.4, -0.2) is 18.0 Å². The number of rotatable bonds is 3. The fraction of sp³-hybridized carbons (Fsp3) is 0.524. The van der Waals surface area contributed by atoms with E-state index in [1.54, 1.807) is 0 Å². The zero-order valence-electron chi connectivity index (χ0n) is 14.0. The summed E-state index contributed by atoms with van der Waals surface area (Å²) in [6, 6.07) is 12.8. The van der Waals surface area contributed by atoms with Gasteiger partial charge in [-0.1, -0.05) is 49.6 Å². The molecule has 2 aliphatic rings. The summed E-state index contributed by atoms with van der Waals surface area (Å²) < 4.78 is 6.18. The zero-order chi connectivity index (χ0) is 15.5. The molecule has 0 atom stereocenters. The van der Waals surface area contributed by atoms with Gasteiger partial charge in [0.1, 0.15) is 11.5 Å². The van der Waals surface area contributed by atoms with Gasteiger partial charge in [0.15, 0.2) is 0 Å². The van der Waals surface area contributed by atoms with Gasteiger partial charge in [-0.2, -0.15) is 0 Å². The highest BCUT2D eigenvalue weighted by molar-refractivity contribution is 5.58. The average molecular weight is 309 g/mol. The Hall–Kier alpha value is -1.54. The van der Waals surface area contributed by atoms with E-state index in [0.29, 0.717) is 0 Å². The first kappa shape index (κ1) is 15.0. The Bertz CT molecular complexity index is 625. The molecule has 0 saturated heterocycles. The van der Waals surface area contributed by atoms with Crippen LogP contribution in [0.4, 0.5) is 0 Å². The van der Waals surface area contributed by atoms with Crippen LogP contribution in [0.25, 0.3) is 11.3 Å². The van der Waals surface area contributed by atoms with Crippen molar-refractivity contribution >= 4 is 0 Å². The minimum Gasteiger partial charge on any atom is -0.461 e. The van der Waals surface area contributed by atoms with E-state index in [2.05, 4.69) is 41.3 Å². The van der Waals surface area contributed by atoms with Gasteiger partial charge >= 0.3 is 0 Å². The number of aryl methyl sites for hydroxylation is 1. The topological polar surface area (TPSA) is 16.4 Å². The van der Waals surface area contributed by atoms with Gasteiger partial charge in [-0.25, -0.2) is 0 Å². The van der Waals surface area contributed by atoms with Gasteiger partial charge < -0.3 is 4.42 Å². The molecule has 2 heteroatoms. The molecule has 0 amide bonds. The van der Waals surface area contributed by atoms with Crippen LogP contribution in [0.1, 0.15) is 49.8 Å².